The third-order valence-corrected chi connectivity index (χ3v) is 5.99. The van der Waals surface area contributed by atoms with Gasteiger partial charge in [-0.3, -0.25) is 9.59 Å². The van der Waals surface area contributed by atoms with Crippen LogP contribution in [0.2, 0.25) is 5.02 Å². The minimum absolute atomic E-state index is 0. The molecule has 132 valence electrons. The van der Waals surface area contributed by atoms with Crippen LogP contribution in [0.4, 0.5) is 5.69 Å². The number of carbonyl (C=O) groups is 2. The predicted molar refractivity (Wildman–Crippen MR) is 100 cm³/mol. The number of rotatable bonds is 2. The Morgan fingerprint density at radius 3 is 2.92 bits per heavy atom. The quantitative estimate of drug-likeness (QED) is 0.815. The molecule has 8 heteroatoms. The van der Waals surface area contributed by atoms with Gasteiger partial charge < -0.3 is 15.5 Å². The molecule has 0 bridgehead atoms. The summed E-state index contributed by atoms with van der Waals surface area (Å²) in [5.74, 6) is -0.0927. The van der Waals surface area contributed by atoms with Crippen LogP contribution in [0.5, 0.6) is 0 Å². The number of nitrogens with zero attached hydrogens (tertiary/aromatic N) is 1. The highest BCUT2D eigenvalue weighted by molar-refractivity contribution is 8.01. The second-order valence-electron chi connectivity index (χ2n) is 6.01. The minimum atomic E-state index is -0.395. The van der Waals surface area contributed by atoms with Gasteiger partial charge in [0, 0.05) is 41.5 Å². The molecule has 0 radical (unpaired) electrons. The molecule has 1 fully saturated rings. The van der Waals surface area contributed by atoms with Gasteiger partial charge in [-0.2, -0.15) is 0 Å². The van der Waals surface area contributed by atoms with Crippen LogP contribution in [0.15, 0.2) is 23.1 Å². The second-order valence-corrected chi connectivity index (χ2v) is 7.69. The van der Waals surface area contributed by atoms with Gasteiger partial charge in [-0.05, 0) is 32.0 Å². The van der Waals surface area contributed by atoms with Crippen LogP contribution in [0.25, 0.3) is 0 Å². The highest BCUT2D eigenvalue weighted by Gasteiger charge is 2.33. The van der Waals surface area contributed by atoms with Gasteiger partial charge in [0.2, 0.25) is 11.8 Å². The lowest BCUT2D eigenvalue weighted by Gasteiger charge is -2.39. The van der Waals surface area contributed by atoms with Gasteiger partial charge in [0.15, 0.2) is 0 Å². The lowest BCUT2D eigenvalue weighted by Crippen LogP contribution is -2.57. The number of halogens is 2. The third-order valence-electron chi connectivity index (χ3n) is 4.48. The van der Waals surface area contributed by atoms with E-state index in [1.165, 1.54) is 11.8 Å². The molecular formula is C16H21Cl2N3O2S. The molecule has 2 heterocycles. The van der Waals surface area contributed by atoms with Gasteiger partial charge in [-0.15, -0.1) is 24.2 Å². The Labute approximate surface area is 157 Å². The summed E-state index contributed by atoms with van der Waals surface area (Å²) in [6.45, 7) is 5.60. The molecule has 3 atom stereocenters. The third kappa shape index (κ3) is 3.99. The van der Waals surface area contributed by atoms with E-state index in [0.717, 1.165) is 17.1 Å². The molecule has 0 aliphatic carbocycles. The van der Waals surface area contributed by atoms with Crippen LogP contribution in [0.3, 0.4) is 0 Å². The average molecular weight is 390 g/mol. The number of hydrogen-bond acceptors (Lipinski definition) is 4. The molecule has 2 amide bonds. The zero-order valence-corrected chi connectivity index (χ0v) is 15.9. The molecule has 24 heavy (non-hydrogen) atoms. The molecule has 3 unspecified atom stereocenters. The number of carbonyl (C=O) groups excluding carboxylic acids is 2. The van der Waals surface area contributed by atoms with Crippen LogP contribution in [-0.4, -0.2) is 47.1 Å². The van der Waals surface area contributed by atoms with Crippen molar-refractivity contribution in [2.24, 2.45) is 0 Å². The van der Waals surface area contributed by atoms with Gasteiger partial charge in [0.1, 0.15) is 0 Å². The van der Waals surface area contributed by atoms with Gasteiger partial charge in [0.05, 0.1) is 10.9 Å². The van der Waals surface area contributed by atoms with E-state index in [1.807, 2.05) is 17.9 Å². The maximum Gasteiger partial charge on any atom is 0.238 e. The van der Waals surface area contributed by atoms with E-state index in [1.54, 1.807) is 12.1 Å². The fourth-order valence-electron chi connectivity index (χ4n) is 2.94. The van der Waals surface area contributed by atoms with Crippen molar-refractivity contribution in [1.82, 2.24) is 10.2 Å². The Morgan fingerprint density at radius 1 is 1.42 bits per heavy atom. The van der Waals surface area contributed by atoms with E-state index >= 15 is 0 Å². The van der Waals surface area contributed by atoms with E-state index < -0.39 is 5.25 Å². The number of hydrogen-bond donors (Lipinski definition) is 2. The Bertz CT molecular complexity index is 644. The van der Waals surface area contributed by atoms with Crippen molar-refractivity contribution >= 4 is 53.3 Å². The summed E-state index contributed by atoms with van der Waals surface area (Å²) in [4.78, 5) is 27.7. The summed E-state index contributed by atoms with van der Waals surface area (Å²) in [6, 6.07) is 5.82. The Kier molecular flexibility index (Phi) is 6.42. The molecule has 0 spiro atoms. The summed E-state index contributed by atoms with van der Waals surface area (Å²) in [6.07, 6.45) is 0.218. The maximum absolute atomic E-state index is 12.6. The smallest absolute Gasteiger partial charge is 0.238 e. The van der Waals surface area contributed by atoms with E-state index in [4.69, 9.17) is 11.6 Å². The first-order valence-electron chi connectivity index (χ1n) is 7.75. The number of benzene rings is 1. The highest BCUT2D eigenvalue weighted by Crippen LogP contribution is 2.38. The van der Waals surface area contributed by atoms with Crippen molar-refractivity contribution in [1.29, 1.82) is 0 Å². The summed E-state index contributed by atoms with van der Waals surface area (Å²) in [5, 5.41) is 6.40. The van der Waals surface area contributed by atoms with Crippen molar-refractivity contribution in [2.75, 3.05) is 18.4 Å². The number of fused-ring (bicyclic) bond motifs is 1. The molecule has 1 aromatic carbocycles. The summed E-state index contributed by atoms with van der Waals surface area (Å²) in [7, 11) is 0. The average Bonchev–Trinajstić information content (AvgIpc) is 2.51. The molecule has 0 saturated carbocycles. The molecule has 2 aliphatic heterocycles. The lowest BCUT2D eigenvalue weighted by molar-refractivity contribution is -0.136. The maximum atomic E-state index is 12.6. The van der Waals surface area contributed by atoms with Crippen molar-refractivity contribution in [2.45, 2.75) is 42.5 Å². The molecule has 0 aromatic heterocycles. The number of thioether (sulfide) groups is 1. The van der Waals surface area contributed by atoms with Crippen molar-refractivity contribution in [3.8, 4) is 0 Å². The Morgan fingerprint density at radius 2 is 2.17 bits per heavy atom. The Balaban J connectivity index is 0.00000208. The van der Waals surface area contributed by atoms with Gasteiger partial charge in [-0.1, -0.05) is 11.6 Å². The van der Waals surface area contributed by atoms with E-state index in [9.17, 15) is 9.59 Å². The fourth-order valence-corrected chi connectivity index (χ4v) is 4.20. The summed E-state index contributed by atoms with van der Waals surface area (Å²) >= 11 is 7.38. The molecule has 5 nitrogen and oxygen atoms in total. The largest absolute Gasteiger partial charge is 0.337 e. The monoisotopic (exact) mass is 389 g/mol. The molecule has 1 aromatic rings. The molecule has 2 N–H and O–H groups in total. The van der Waals surface area contributed by atoms with Crippen LogP contribution in [0, 0.1) is 0 Å². The first-order chi connectivity index (χ1) is 11.0. The van der Waals surface area contributed by atoms with Crippen LogP contribution < -0.4 is 10.6 Å². The number of nitrogens with one attached hydrogen (secondary N) is 2. The summed E-state index contributed by atoms with van der Waals surface area (Å²) in [5.41, 5.74) is 0.723. The molecule has 3 rings (SSSR count). The molecular weight excluding hydrogens is 369 g/mol. The lowest BCUT2D eigenvalue weighted by atomic mass is 10.1. The van der Waals surface area contributed by atoms with Crippen molar-refractivity contribution in [3.05, 3.63) is 23.2 Å². The first-order valence-corrected chi connectivity index (χ1v) is 9.01. The SMILES string of the molecule is CC1NCCN(C(=O)CC2Sc3ccc(Cl)cc3NC2=O)C1C.Cl. The summed E-state index contributed by atoms with van der Waals surface area (Å²) < 4.78 is 0. The van der Waals surface area contributed by atoms with Gasteiger partial charge in [0.25, 0.3) is 0 Å². The van der Waals surface area contributed by atoms with Crippen LogP contribution >= 0.6 is 35.8 Å². The topological polar surface area (TPSA) is 61.4 Å². The number of amides is 2. The predicted octanol–water partition coefficient (Wildman–Crippen LogP) is 2.77. The molecule has 2 aliphatic rings. The van der Waals surface area contributed by atoms with Crippen LogP contribution in [0.1, 0.15) is 20.3 Å². The van der Waals surface area contributed by atoms with Gasteiger partial charge in [-0.25, -0.2) is 0 Å². The fraction of sp³-hybridized carbons (Fsp3) is 0.500. The number of anilines is 1. The Hall–Kier alpha value is -0.950. The zero-order valence-electron chi connectivity index (χ0n) is 13.5. The minimum Gasteiger partial charge on any atom is -0.337 e. The molecule has 1 saturated heterocycles. The van der Waals surface area contributed by atoms with Gasteiger partial charge >= 0.3 is 0 Å². The van der Waals surface area contributed by atoms with E-state index in [0.29, 0.717) is 11.6 Å². The van der Waals surface area contributed by atoms with Crippen LogP contribution in [-0.2, 0) is 9.59 Å². The second kappa shape index (κ2) is 7.95. The first kappa shape index (κ1) is 19.4. The normalized spacial score (nSPS) is 26.2. The standard InChI is InChI=1S/C16H20ClN3O2S.ClH/c1-9-10(2)20(6-5-18-9)15(21)8-14-16(22)19-12-7-11(17)3-4-13(12)23-14;/h3-4,7,9-10,14,18H,5-6,8H2,1-2H3,(H,19,22);1H. The highest BCUT2D eigenvalue weighted by atomic mass is 35.5. The van der Waals surface area contributed by atoms with E-state index in [2.05, 4.69) is 17.6 Å². The number of piperazine rings is 1. The zero-order chi connectivity index (χ0) is 16.6. The van der Waals surface area contributed by atoms with Crippen molar-refractivity contribution < 1.29 is 9.59 Å². The van der Waals surface area contributed by atoms with E-state index in [-0.39, 0.29) is 42.7 Å². The van der Waals surface area contributed by atoms with Crippen molar-refractivity contribution in [3.63, 3.8) is 0 Å².